The monoisotopic (exact) mass is 370 g/mol. The summed E-state index contributed by atoms with van der Waals surface area (Å²) >= 11 is 0. The Bertz CT molecular complexity index is 850. The molecule has 2 aromatic carbocycles. The van der Waals surface area contributed by atoms with Crippen LogP contribution in [0.5, 0.6) is 11.5 Å². The highest BCUT2D eigenvalue weighted by Gasteiger charge is 2.12. The van der Waals surface area contributed by atoms with E-state index in [1.54, 1.807) is 30.3 Å². The summed E-state index contributed by atoms with van der Waals surface area (Å²) in [5, 5.41) is 5.39. The second-order valence-corrected chi connectivity index (χ2v) is 5.89. The lowest BCUT2D eigenvalue weighted by Gasteiger charge is -2.06. The summed E-state index contributed by atoms with van der Waals surface area (Å²) in [5.41, 5.74) is 1.55. The van der Waals surface area contributed by atoms with Gasteiger partial charge in [0.2, 0.25) is 18.6 Å². The van der Waals surface area contributed by atoms with Crippen molar-refractivity contribution in [2.45, 2.75) is 6.42 Å². The molecule has 1 aliphatic rings. The van der Waals surface area contributed by atoms with Crippen molar-refractivity contribution >= 4 is 17.9 Å². The van der Waals surface area contributed by atoms with E-state index in [1.807, 2.05) is 6.07 Å². The van der Waals surface area contributed by atoms with Crippen LogP contribution in [-0.4, -0.2) is 31.7 Å². The summed E-state index contributed by atoms with van der Waals surface area (Å²) in [5.74, 6) is 0.553. The molecule has 0 atom stereocenters. The largest absolute Gasteiger partial charge is 0.454 e. The molecule has 2 aromatic rings. The molecule has 2 amide bonds. The molecule has 0 aliphatic carbocycles. The number of hydrogen-bond acceptors (Lipinski definition) is 4. The molecule has 27 heavy (non-hydrogen) atoms. The molecule has 0 bridgehead atoms. The van der Waals surface area contributed by atoms with Crippen molar-refractivity contribution in [3.8, 4) is 11.5 Å². The highest BCUT2D eigenvalue weighted by molar-refractivity contribution is 5.91. The molecule has 7 heteroatoms. The number of benzene rings is 2. The zero-order valence-electron chi connectivity index (χ0n) is 14.5. The van der Waals surface area contributed by atoms with Crippen molar-refractivity contribution in [3.05, 3.63) is 65.5 Å². The number of carbonyl (C=O) groups excluding carboxylic acids is 2. The van der Waals surface area contributed by atoms with Gasteiger partial charge in [-0.2, -0.15) is 0 Å². The zero-order chi connectivity index (χ0) is 19.1. The Labute approximate surface area is 156 Å². The number of nitrogens with one attached hydrogen (secondary N) is 2. The van der Waals surface area contributed by atoms with Crippen LogP contribution in [0.3, 0.4) is 0 Å². The average Bonchev–Trinajstić information content (AvgIpc) is 3.13. The third-order valence-electron chi connectivity index (χ3n) is 3.85. The molecule has 0 aromatic heterocycles. The number of carbonyl (C=O) groups is 2. The zero-order valence-corrected chi connectivity index (χ0v) is 14.5. The van der Waals surface area contributed by atoms with Crippen molar-refractivity contribution < 1.29 is 23.5 Å². The van der Waals surface area contributed by atoms with E-state index in [9.17, 15) is 14.0 Å². The lowest BCUT2D eigenvalue weighted by molar-refractivity contribution is -0.121. The lowest BCUT2D eigenvalue weighted by atomic mass is 10.1. The van der Waals surface area contributed by atoms with Crippen LogP contribution in [0.1, 0.15) is 11.1 Å². The predicted octanol–water partition coefficient (Wildman–Crippen LogP) is 2.04. The van der Waals surface area contributed by atoms with E-state index in [2.05, 4.69) is 10.6 Å². The fourth-order valence-corrected chi connectivity index (χ4v) is 2.49. The topological polar surface area (TPSA) is 76.7 Å². The van der Waals surface area contributed by atoms with Gasteiger partial charge in [-0.15, -0.1) is 0 Å². The highest BCUT2D eigenvalue weighted by Crippen LogP contribution is 2.32. The van der Waals surface area contributed by atoms with Crippen molar-refractivity contribution in [1.29, 1.82) is 0 Å². The molecule has 0 fully saturated rings. The van der Waals surface area contributed by atoms with Crippen LogP contribution in [0, 0.1) is 5.82 Å². The van der Waals surface area contributed by atoms with Gasteiger partial charge in [-0.1, -0.05) is 18.2 Å². The van der Waals surface area contributed by atoms with Crippen LogP contribution in [-0.2, 0) is 16.0 Å². The third-order valence-corrected chi connectivity index (χ3v) is 3.85. The summed E-state index contributed by atoms with van der Waals surface area (Å²) < 4.78 is 23.3. The second kappa shape index (κ2) is 8.84. The summed E-state index contributed by atoms with van der Waals surface area (Å²) in [6, 6.07) is 11.2. The Balaban J connectivity index is 1.35. The van der Waals surface area contributed by atoms with E-state index in [-0.39, 0.29) is 30.8 Å². The predicted molar refractivity (Wildman–Crippen MR) is 97.7 cm³/mol. The standard InChI is InChI=1S/C20H19FN2O4/c21-16-5-1-15(2-6-16)12-20(25)23-10-9-22-19(24)8-4-14-3-7-17-18(11-14)27-13-26-17/h1-8,11H,9-10,12-13H2,(H,22,24)(H,23,25)/b8-4-. The summed E-state index contributed by atoms with van der Waals surface area (Å²) in [6.45, 7) is 0.818. The van der Waals surface area contributed by atoms with Gasteiger partial charge in [-0.05, 0) is 41.5 Å². The van der Waals surface area contributed by atoms with Crippen molar-refractivity contribution in [2.24, 2.45) is 0 Å². The Hall–Kier alpha value is -3.35. The maximum absolute atomic E-state index is 12.8. The van der Waals surface area contributed by atoms with Gasteiger partial charge in [-0.3, -0.25) is 9.59 Å². The average molecular weight is 370 g/mol. The summed E-state index contributed by atoms with van der Waals surface area (Å²) in [6.07, 6.45) is 3.25. The first-order valence-electron chi connectivity index (χ1n) is 8.47. The van der Waals surface area contributed by atoms with E-state index in [0.29, 0.717) is 24.6 Å². The quantitative estimate of drug-likeness (QED) is 0.578. The van der Waals surface area contributed by atoms with E-state index in [1.165, 1.54) is 18.2 Å². The maximum Gasteiger partial charge on any atom is 0.244 e. The molecule has 0 unspecified atom stereocenters. The Morgan fingerprint density at radius 1 is 1.00 bits per heavy atom. The van der Waals surface area contributed by atoms with Gasteiger partial charge in [0.15, 0.2) is 11.5 Å². The van der Waals surface area contributed by atoms with Crippen LogP contribution < -0.4 is 20.1 Å². The molecule has 1 aliphatic heterocycles. The molecule has 0 radical (unpaired) electrons. The number of halogens is 1. The number of ether oxygens (including phenoxy) is 2. The van der Waals surface area contributed by atoms with Gasteiger partial charge in [0.1, 0.15) is 5.82 Å². The Kier molecular flexibility index (Phi) is 6.04. The van der Waals surface area contributed by atoms with Crippen molar-refractivity contribution in [2.75, 3.05) is 19.9 Å². The number of hydrogen-bond donors (Lipinski definition) is 2. The van der Waals surface area contributed by atoms with Crippen molar-refractivity contribution in [1.82, 2.24) is 10.6 Å². The van der Waals surface area contributed by atoms with Gasteiger partial charge >= 0.3 is 0 Å². The number of amides is 2. The number of fused-ring (bicyclic) bond motifs is 1. The van der Waals surface area contributed by atoms with Crippen molar-refractivity contribution in [3.63, 3.8) is 0 Å². The van der Waals surface area contributed by atoms with Gasteiger partial charge < -0.3 is 20.1 Å². The van der Waals surface area contributed by atoms with Crippen LogP contribution in [0.4, 0.5) is 4.39 Å². The molecular formula is C20H19FN2O4. The third kappa shape index (κ3) is 5.57. The Morgan fingerprint density at radius 3 is 2.56 bits per heavy atom. The van der Waals surface area contributed by atoms with Gasteiger partial charge in [0.05, 0.1) is 6.42 Å². The smallest absolute Gasteiger partial charge is 0.244 e. The minimum absolute atomic E-state index is 0.165. The van der Waals surface area contributed by atoms with Crippen LogP contribution >= 0.6 is 0 Å². The molecule has 0 saturated heterocycles. The first kappa shape index (κ1) is 18.4. The van der Waals surface area contributed by atoms with Crippen LogP contribution in [0.25, 0.3) is 6.08 Å². The van der Waals surface area contributed by atoms with E-state index in [4.69, 9.17) is 9.47 Å². The van der Waals surface area contributed by atoms with E-state index < -0.39 is 0 Å². The van der Waals surface area contributed by atoms with Crippen LogP contribution in [0.15, 0.2) is 48.5 Å². The maximum atomic E-state index is 12.8. The number of rotatable bonds is 7. The van der Waals surface area contributed by atoms with Gasteiger partial charge in [0, 0.05) is 19.2 Å². The minimum Gasteiger partial charge on any atom is -0.454 e. The SMILES string of the molecule is O=C(/C=C\c1ccc2c(c1)OCO2)NCCNC(=O)Cc1ccc(F)cc1. The molecule has 2 N–H and O–H groups in total. The van der Waals surface area contributed by atoms with Crippen LogP contribution in [0.2, 0.25) is 0 Å². The molecule has 1 heterocycles. The first-order chi connectivity index (χ1) is 13.1. The van der Waals surface area contributed by atoms with E-state index in [0.717, 1.165) is 11.1 Å². The van der Waals surface area contributed by atoms with E-state index >= 15 is 0 Å². The molecule has 0 saturated carbocycles. The molecule has 3 rings (SSSR count). The highest BCUT2D eigenvalue weighted by atomic mass is 19.1. The lowest BCUT2D eigenvalue weighted by Crippen LogP contribution is -2.34. The second-order valence-electron chi connectivity index (χ2n) is 5.89. The molecule has 140 valence electrons. The fourth-order valence-electron chi connectivity index (χ4n) is 2.49. The molecule has 0 spiro atoms. The first-order valence-corrected chi connectivity index (χ1v) is 8.47. The molecular weight excluding hydrogens is 351 g/mol. The fraction of sp³-hybridized carbons (Fsp3) is 0.200. The van der Waals surface area contributed by atoms with Gasteiger partial charge in [0.25, 0.3) is 0 Å². The minimum atomic E-state index is -0.337. The Morgan fingerprint density at radius 2 is 1.74 bits per heavy atom. The summed E-state index contributed by atoms with van der Waals surface area (Å²) in [7, 11) is 0. The van der Waals surface area contributed by atoms with Gasteiger partial charge in [-0.25, -0.2) is 4.39 Å². The summed E-state index contributed by atoms with van der Waals surface area (Å²) in [4.78, 5) is 23.6. The normalized spacial score (nSPS) is 12.2. The molecule has 6 nitrogen and oxygen atoms in total.